The first kappa shape index (κ1) is 16.1. The third-order valence-electron chi connectivity index (χ3n) is 3.38. The maximum Gasteiger partial charge on any atom is 0.411 e. The fraction of sp³-hybridized carbons (Fsp3) is 0.417. The minimum atomic E-state index is -4.53. The Bertz CT molecular complexity index is 696. The topological polar surface area (TPSA) is 63.2 Å². The number of rotatable bonds is 3. The van der Waals surface area contributed by atoms with Crippen LogP contribution in [-0.2, 0) is 9.05 Å². The molecule has 116 valence electrons. The molecule has 1 aliphatic carbocycles. The van der Waals surface area contributed by atoms with Crippen LogP contribution < -0.4 is 5.32 Å². The molecule has 0 heterocycles. The second-order valence-electron chi connectivity index (χ2n) is 4.95. The van der Waals surface area contributed by atoms with Crippen molar-refractivity contribution < 1.29 is 26.4 Å². The summed E-state index contributed by atoms with van der Waals surface area (Å²) in [5.41, 5.74) is -1.99. The van der Waals surface area contributed by atoms with Crippen LogP contribution in [-0.4, -0.2) is 26.0 Å². The summed E-state index contributed by atoms with van der Waals surface area (Å²) in [5.74, 6) is -0.968. The SMILES string of the molecule is Cc1ccc(S(=O)(=O)Cl)cc1C(=O)NC1(C(F)(F)F)CC1. The molecule has 1 aromatic rings. The molecule has 0 radical (unpaired) electrons. The minimum absolute atomic E-state index is 0.146. The van der Waals surface area contributed by atoms with Crippen molar-refractivity contribution in [1.29, 1.82) is 0 Å². The van der Waals surface area contributed by atoms with Gasteiger partial charge < -0.3 is 5.32 Å². The predicted molar refractivity (Wildman–Crippen MR) is 69.7 cm³/mol. The van der Waals surface area contributed by atoms with E-state index in [9.17, 15) is 26.4 Å². The first-order valence-electron chi connectivity index (χ1n) is 5.91. The zero-order valence-corrected chi connectivity index (χ0v) is 12.4. The average Bonchev–Trinajstić information content (AvgIpc) is 3.08. The fourth-order valence-electron chi connectivity index (χ4n) is 1.89. The molecule has 1 fully saturated rings. The highest BCUT2D eigenvalue weighted by Crippen LogP contribution is 2.49. The highest BCUT2D eigenvalue weighted by molar-refractivity contribution is 8.13. The van der Waals surface area contributed by atoms with Gasteiger partial charge in [-0.25, -0.2) is 8.42 Å². The van der Waals surface area contributed by atoms with Gasteiger partial charge in [0.15, 0.2) is 0 Å². The molecule has 2 rings (SSSR count). The maximum atomic E-state index is 12.8. The highest BCUT2D eigenvalue weighted by atomic mass is 35.7. The number of hydrogen-bond donors (Lipinski definition) is 1. The number of amides is 1. The molecule has 0 atom stereocenters. The van der Waals surface area contributed by atoms with Crippen LogP contribution in [0.2, 0.25) is 0 Å². The Kier molecular flexibility index (Phi) is 3.74. The van der Waals surface area contributed by atoms with E-state index >= 15 is 0 Å². The van der Waals surface area contributed by atoms with Gasteiger partial charge in [0.05, 0.1) is 4.90 Å². The lowest BCUT2D eigenvalue weighted by molar-refractivity contribution is -0.163. The second-order valence-corrected chi connectivity index (χ2v) is 7.51. The van der Waals surface area contributed by atoms with Crippen molar-refractivity contribution in [3.05, 3.63) is 29.3 Å². The lowest BCUT2D eigenvalue weighted by Crippen LogP contribution is -2.48. The largest absolute Gasteiger partial charge is 0.411 e. The molecule has 0 saturated heterocycles. The number of aryl methyl sites for hydroxylation is 1. The van der Waals surface area contributed by atoms with Crippen molar-refractivity contribution in [2.75, 3.05) is 0 Å². The molecule has 1 amide bonds. The zero-order valence-electron chi connectivity index (χ0n) is 10.8. The van der Waals surface area contributed by atoms with Gasteiger partial charge in [0.1, 0.15) is 5.54 Å². The van der Waals surface area contributed by atoms with E-state index in [1.165, 1.54) is 19.1 Å². The molecule has 0 aromatic heterocycles. The lowest BCUT2D eigenvalue weighted by Gasteiger charge is -2.21. The second kappa shape index (κ2) is 4.88. The summed E-state index contributed by atoms with van der Waals surface area (Å²) in [5, 5.41) is 1.94. The first-order chi connectivity index (χ1) is 9.46. The molecule has 1 N–H and O–H groups in total. The number of hydrogen-bond acceptors (Lipinski definition) is 3. The Labute approximate surface area is 123 Å². The van der Waals surface area contributed by atoms with Crippen molar-refractivity contribution in [2.45, 2.75) is 36.4 Å². The predicted octanol–water partition coefficient (Wildman–Crippen LogP) is 2.75. The number of nitrogens with one attached hydrogen (secondary N) is 1. The van der Waals surface area contributed by atoms with Crippen LogP contribution in [0.3, 0.4) is 0 Å². The van der Waals surface area contributed by atoms with Crippen LogP contribution in [0.1, 0.15) is 28.8 Å². The van der Waals surface area contributed by atoms with Crippen molar-refractivity contribution >= 4 is 25.6 Å². The van der Waals surface area contributed by atoms with Gasteiger partial charge in [-0.1, -0.05) is 6.07 Å². The summed E-state index contributed by atoms with van der Waals surface area (Å²) in [6.07, 6.45) is -4.91. The number of benzene rings is 1. The molecule has 9 heteroatoms. The van der Waals surface area contributed by atoms with Gasteiger partial charge in [0.2, 0.25) is 0 Å². The summed E-state index contributed by atoms with van der Waals surface area (Å²) < 4.78 is 60.9. The Balaban J connectivity index is 2.32. The number of carbonyl (C=O) groups is 1. The van der Waals surface area contributed by atoms with E-state index in [1.54, 1.807) is 0 Å². The summed E-state index contributed by atoms with van der Waals surface area (Å²) in [7, 11) is 1.10. The van der Waals surface area contributed by atoms with Crippen LogP contribution in [0.5, 0.6) is 0 Å². The normalized spacial score (nSPS) is 17.4. The quantitative estimate of drug-likeness (QED) is 0.860. The van der Waals surface area contributed by atoms with Crippen molar-refractivity contribution in [3.63, 3.8) is 0 Å². The monoisotopic (exact) mass is 341 g/mol. The summed E-state index contributed by atoms with van der Waals surface area (Å²) in [4.78, 5) is 11.7. The van der Waals surface area contributed by atoms with Gasteiger partial charge in [-0.2, -0.15) is 13.2 Å². The molecule has 0 aliphatic heterocycles. The molecular formula is C12H11ClF3NO3S. The third kappa shape index (κ3) is 3.16. The molecular weight excluding hydrogens is 331 g/mol. The minimum Gasteiger partial charge on any atom is -0.338 e. The maximum absolute atomic E-state index is 12.8. The molecule has 0 bridgehead atoms. The highest BCUT2D eigenvalue weighted by Gasteiger charge is 2.64. The van der Waals surface area contributed by atoms with Crippen LogP contribution in [0, 0.1) is 6.92 Å². The molecule has 0 spiro atoms. The van der Waals surface area contributed by atoms with Gasteiger partial charge in [-0.3, -0.25) is 4.79 Å². The van der Waals surface area contributed by atoms with E-state index < -0.39 is 26.7 Å². The van der Waals surface area contributed by atoms with Gasteiger partial charge in [-0.05, 0) is 37.5 Å². The smallest absolute Gasteiger partial charge is 0.338 e. The first-order valence-corrected chi connectivity index (χ1v) is 8.22. The zero-order chi connectivity index (χ0) is 16.1. The number of carbonyl (C=O) groups excluding carboxylic acids is 1. The van der Waals surface area contributed by atoms with E-state index in [1.807, 2.05) is 5.32 Å². The molecule has 1 saturated carbocycles. The lowest BCUT2D eigenvalue weighted by atomic mass is 10.1. The van der Waals surface area contributed by atoms with Crippen LogP contribution >= 0.6 is 10.7 Å². The van der Waals surface area contributed by atoms with Crippen molar-refractivity contribution in [3.8, 4) is 0 Å². The molecule has 0 unspecified atom stereocenters. The van der Waals surface area contributed by atoms with E-state index in [-0.39, 0.29) is 23.3 Å². The Morgan fingerprint density at radius 2 is 1.90 bits per heavy atom. The van der Waals surface area contributed by atoms with E-state index in [2.05, 4.69) is 0 Å². The van der Waals surface area contributed by atoms with Gasteiger partial charge in [-0.15, -0.1) is 0 Å². The van der Waals surface area contributed by atoms with Gasteiger partial charge >= 0.3 is 6.18 Å². The number of halogens is 4. The summed E-state index contributed by atoms with van der Waals surface area (Å²) in [6.45, 7) is 1.49. The van der Waals surface area contributed by atoms with Crippen molar-refractivity contribution in [1.82, 2.24) is 5.32 Å². The van der Waals surface area contributed by atoms with E-state index in [0.717, 1.165) is 6.07 Å². The van der Waals surface area contributed by atoms with Crippen LogP contribution in [0.25, 0.3) is 0 Å². The van der Waals surface area contributed by atoms with Gasteiger partial charge in [0.25, 0.3) is 15.0 Å². The third-order valence-corrected chi connectivity index (χ3v) is 4.73. The Morgan fingerprint density at radius 3 is 2.33 bits per heavy atom. The Hall–Kier alpha value is -1.28. The van der Waals surface area contributed by atoms with Crippen LogP contribution in [0.4, 0.5) is 13.2 Å². The summed E-state index contributed by atoms with van der Waals surface area (Å²) >= 11 is 0. The average molecular weight is 342 g/mol. The molecule has 4 nitrogen and oxygen atoms in total. The number of alkyl halides is 3. The van der Waals surface area contributed by atoms with Gasteiger partial charge in [0, 0.05) is 16.2 Å². The standard InChI is InChI=1S/C12H11ClF3NO3S/c1-7-2-3-8(21(13,19)20)6-9(7)10(18)17-11(4-5-11)12(14,15)16/h2-3,6H,4-5H2,1H3,(H,17,18). The van der Waals surface area contributed by atoms with Crippen LogP contribution in [0.15, 0.2) is 23.1 Å². The Morgan fingerprint density at radius 1 is 1.33 bits per heavy atom. The molecule has 21 heavy (non-hydrogen) atoms. The van der Waals surface area contributed by atoms with Crippen molar-refractivity contribution in [2.24, 2.45) is 0 Å². The molecule has 1 aromatic carbocycles. The summed E-state index contributed by atoms with van der Waals surface area (Å²) in [6, 6.07) is 3.47. The van der Waals surface area contributed by atoms with E-state index in [0.29, 0.717) is 5.56 Å². The fourth-order valence-corrected chi connectivity index (χ4v) is 2.66. The molecule has 1 aliphatic rings. The van der Waals surface area contributed by atoms with E-state index in [4.69, 9.17) is 10.7 Å².